The summed E-state index contributed by atoms with van der Waals surface area (Å²) in [6.07, 6.45) is 0. The van der Waals surface area contributed by atoms with Crippen molar-refractivity contribution in [3.05, 3.63) is 23.2 Å². The molecule has 0 saturated heterocycles. The molecule has 116 valence electrons. The zero-order chi connectivity index (χ0) is 16.2. The first-order valence-electron chi connectivity index (χ1n) is 5.53. The Morgan fingerprint density at radius 1 is 1.43 bits per heavy atom. The van der Waals surface area contributed by atoms with Crippen LogP contribution in [0, 0.1) is 0 Å². The maximum absolute atomic E-state index is 12.3. The van der Waals surface area contributed by atoms with Gasteiger partial charge in [-0.05, 0) is 18.2 Å². The molecule has 1 aromatic carbocycles. The number of carbonyl (C=O) groups excluding carboxylic acids is 1. The number of sulfonamides is 1. The lowest BCUT2D eigenvalue weighted by molar-refractivity contribution is -0.137. The Balaban J connectivity index is 3.23. The number of carbonyl (C=O) groups is 2. The summed E-state index contributed by atoms with van der Waals surface area (Å²) in [6.45, 7) is -1.25. The fourth-order valence-corrected chi connectivity index (χ4v) is 2.91. The van der Waals surface area contributed by atoms with Crippen LogP contribution in [0.1, 0.15) is 0 Å². The van der Waals surface area contributed by atoms with Crippen molar-refractivity contribution in [3.8, 4) is 5.75 Å². The van der Waals surface area contributed by atoms with Gasteiger partial charge < -0.3 is 15.6 Å². The van der Waals surface area contributed by atoms with Gasteiger partial charge in [0.05, 0.1) is 0 Å². The van der Waals surface area contributed by atoms with E-state index in [1.165, 1.54) is 12.1 Å². The summed E-state index contributed by atoms with van der Waals surface area (Å²) in [5, 5.41) is 8.78. The quantitative estimate of drug-likeness (QED) is 0.716. The predicted molar refractivity (Wildman–Crippen MR) is 73.6 cm³/mol. The molecular formula is C11H13ClN2O6S. The van der Waals surface area contributed by atoms with Crippen LogP contribution in [-0.4, -0.2) is 49.9 Å². The van der Waals surface area contributed by atoms with Crippen LogP contribution in [0.2, 0.25) is 5.02 Å². The van der Waals surface area contributed by atoms with E-state index in [0.717, 1.165) is 13.1 Å². The van der Waals surface area contributed by atoms with Crippen LogP contribution in [0.4, 0.5) is 0 Å². The monoisotopic (exact) mass is 336 g/mol. The highest BCUT2D eigenvalue weighted by molar-refractivity contribution is 7.89. The Labute approximate surface area is 126 Å². The van der Waals surface area contributed by atoms with Gasteiger partial charge in [0.15, 0.2) is 6.61 Å². The Morgan fingerprint density at radius 3 is 2.57 bits per heavy atom. The third-order valence-corrected chi connectivity index (χ3v) is 4.38. The molecular weight excluding hydrogens is 324 g/mol. The molecule has 0 atom stereocenters. The van der Waals surface area contributed by atoms with Crippen molar-refractivity contribution in [2.75, 3.05) is 20.2 Å². The number of halogens is 1. The Morgan fingerprint density at radius 2 is 2.05 bits per heavy atom. The molecule has 0 aliphatic heterocycles. The lowest BCUT2D eigenvalue weighted by Gasteiger charge is -2.17. The number of benzene rings is 1. The minimum atomic E-state index is -4.14. The van der Waals surface area contributed by atoms with Crippen molar-refractivity contribution in [1.29, 1.82) is 0 Å². The average molecular weight is 337 g/mol. The van der Waals surface area contributed by atoms with E-state index in [-0.39, 0.29) is 15.7 Å². The number of amides is 1. The van der Waals surface area contributed by atoms with Gasteiger partial charge in [-0.25, -0.2) is 8.42 Å². The minimum absolute atomic E-state index is 0.115. The number of hydrogen-bond donors (Lipinski definition) is 2. The summed E-state index contributed by atoms with van der Waals surface area (Å²) >= 11 is 5.75. The number of aliphatic carboxylic acids is 1. The molecule has 0 bridgehead atoms. The van der Waals surface area contributed by atoms with E-state index in [9.17, 15) is 18.0 Å². The second-order valence-corrected chi connectivity index (χ2v) is 6.45. The molecule has 0 unspecified atom stereocenters. The third-order valence-electron chi connectivity index (χ3n) is 2.32. The number of primary amides is 1. The molecule has 1 rings (SSSR count). The summed E-state index contributed by atoms with van der Waals surface area (Å²) in [6, 6.07) is 3.73. The zero-order valence-electron chi connectivity index (χ0n) is 10.9. The minimum Gasteiger partial charge on any atom is -0.482 e. The van der Waals surface area contributed by atoms with Crippen LogP contribution in [0.3, 0.4) is 0 Å². The highest BCUT2D eigenvalue weighted by Gasteiger charge is 2.27. The summed E-state index contributed by atoms with van der Waals surface area (Å²) in [5.41, 5.74) is 4.93. The Hall–Kier alpha value is -1.84. The van der Waals surface area contributed by atoms with Crippen LogP contribution in [-0.2, 0) is 19.6 Å². The van der Waals surface area contributed by atoms with Crippen molar-refractivity contribution in [1.82, 2.24) is 4.31 Å². The standard InChI is InChI=1S/C11H13ClN2O6S/c1-14(5-11(16)17)21(18,19)9-4-7(12)2-3-8(9)20-6-10(13)15/h2-4H,5-6H2,1H3,(H2,13,15)(H,16,17). The maximum Gasteiger partial charge on any atom is 0.318 e. The Bertz CT molecular complexity index is 661. The average Bonchev–Trinajstić information content (AvgIpc) is 2.36. The summed E-state index contributed by atoms with van der Waals surface area (Å²) in [7, 11) is -3.04. The van der Waals surface area contributed by atoms with Crippen molar-refractivity contribution < 1.29 is 27.9 Å². The summed E-state index contributed by atoms with van der Waals surface area (Å²) in [5.74, 6) is -2.25. The predicted octanol–water partition coefficient (Wildman–Crippen LogP) is -0.0908. The maximum atomic E-state index is 12.3. The van der Waals surface area contributed by atoms with Gasteiger partial charge in [0, 0.05) is 12.1 Å². The van der Waals surface area contributed by atoms with Crippen molar-refractivity contribution in [3.63, 3.8) is 0 Å². The molecule has 0 radical (unpaired) electrons. The number of likely N-dealkylation sites (N-methyl/N-ethyl adjacent to an activating group) is 1. The number of ether oxygens (including phenoxy) is 1. The van der Waals surface area contributed by atoms with E-state index in [4.69, 9.17) is 27.2 Å². The lowest BCUT2D eigenvalue weighted by atomic mass is 10.3. The van der Waals surface area contributed by atoms with Gasteiger partial charge in [0.25, 0.3) is 5.91 Å². The summed E-state index contributed by atoms with van der Waals surface area (Å²) < 4.78 is 30.2. The third kappa shape index (κ3) is 4.59. The zero-order valence-corrected chi connectivity index (χ0v) is 12.5. The second-order valence-electron chi connectivity index (χ2n) is 4.00. The van der Waals surface area contributed by atoms with E-state index in [1.807, 2.05) is 0 Å². The fraction of sp³-hybridized carbons (Fsp3) is 0.273. The molecule has 0 aliphatic rings. The molecule has 0 fully saturated rings. The topological polar surface area (TPSA) is 127 Å². The van der Waals surface area contributed by atoms with Gasteiger partial charge in [-0.1, -0.05) is 11.6 Å². The SMILES string of the molecule is CN(CC(=O)O)S(=O)(=O)c1cc(Cl)ccc1OCC(N)=O. The smallest absolute Gasteiger partial charge is 0.318 e. The normalized spacial score (nSPS) is 11.4. The van der Waals surface area contributed by atoms with Gasteiger partial charge in [-0.15, -0.1) is 0 Å². The van der Waals surface area contributed by atoms with E-state index in [2.05, 4.69) is 0 Å². The molecule has 3 N–H and O–H groups in total. The molecule has 0 saturated carbocycles. The molecule has 0 aromatic heterocycles. The fourth-order valence-electron chi connectivity index (χ4n) is 1.39. The van der Waals surface area contributed by atoms with E-state index < -0.39 is 35.1 Å². The highest BCUT2D eigenvalue weighted by Crippen LogP contribution is 2.29. The molecule has 1 amide bonds. The molecule has 0 heterocycles. The van der Waals surface area contributed by atoms with E-state index in [1.54, 1.807) is 0 Å². The van der Waals surface area contributed by atoms with Crippen LogP contribution in [0.5, 0.6) is 5.75 Å². The van der Waals surface area contributed by atoms with Crippen molar-refractivity contribution in [2.45, 2.75) is 4.90 Å². The van der Waals surface area contributed by atoms with Crippen LogP contribution < -0.4 is 10.5 Å². The number of hydrogen-bond acceptors (Lipinski definition) is 5. The van der Waals surface area contributed by atoms with Crippen LogP contribution >= 0.6 is 11.6 Å². The van der Waals surface area contributed by atoms with E-state index >= 15 is 0 Å². The van der Waals surface area contributed by atoms with Gasteiger partial charge >= 0.3 is 5.97 Å². The summed E-state index contributed by atoms with van der Waals surface area (Å²) in [4.78, 5) is 21.0. The lowest BCUT2D eigenvalue weighted by Crippen LogP contribution is -2.32. The molecule has 10 heteroatoms. The number of nitrogens with two attached hydrogens (primary N) is 1. The Kier molecular flexibility index (Phi) is 5.53. The van der Waals surface area contributed by atoms with Crippen molar-refractivity contribution >= 4 is 33.5 Å². The number of carboxylic acid groups (broad SMARTS) is 1. The second kappa shape index (κ2) is 6.74. The van der Waals surface area contributed by atoms with Gasteiger partial charge in [-0.2, -0.15) is 4.31 Å². The first kappa shape index (κ1) is 17.2. The number of nitrogens with zero attached hydrogens (tertiary/aromatic N) is 1. The van der Waals surface area contributed by atoms with Gasteiger partial charge in [0.1, 0.15) is 17.2 Å². The first-order valence-corrected chi connectivity index (χ1v) is 7.35. The molecule has 0 spiro atoms. The number of rotatable bonds is 7. The van der Waals surface area contributed by atoms with Gasteiger partial charge in [-0.3, -0.25) is 9.59 Å². The van der Waals surface area contributed by atoms with E-state index in [0.29, 0.717) is 4.31 Å². The van der Waals surface area contributed by atoms with Gasteiger partial charge in [0.2, 0.25) is 10.0 Å². The first-order chi connectivity index (χ1) is 9.64. The van der Waals surface area contributed by atoms with Crippen LogP contribution in [0.15, 0.2) is 23.1 Å². The molecule has 8 nitrogen and oxygen atoms in total. The van der Waals surface area contributed by atoms with Crippen molar-refractivity contribution in [2.24, 2.45) is 5.73 Å². The molecule has 1 aromatic rings. The highest BCUT2D eigenvalue weighted by atomic mass is 35.5. The molecule has 0 aliphatic carbocycles. The largest absolute Gasteiger partial charge is 0.482 e. The molecule has 21 heavy (non-hydrogen) atoms. The van der Waals surface area contributed by atoms with Crippen LogP contribution in [0.25, 0.3) is 0 Å². The number of carboxylic acids is 1.